The van der Waals surface area contributed by atoms with E-state index >= 15 is 0 Å². The van der Waals surface area contributed by atoms with E-state index in [2.05, 4.69) is 0 Å². The second kappa shape index (κ2) is 7.41. The molecule has 1 aliphatic heterocycles. The summed E-state index contributed by atoms with van der Waals surface area (Å²) in [6.07, 6.45) is 0. The van der Waals surface area contributed by atoms with Gasteiger partial charge in [0.15, 0.2) is 0 Å². The zero-order valence-electron chi connectivity index (χ0n) is 15.0. The molecular weight excluding hydrogens is 344 g/mol. The Hall–Kier alpha value is -3.47. The summed E-state index contributed by atoms with van der Waals surface area (Å²) in [6, 6.07) is 16.3. The molecule has 3 aromatic rings. The summed E-state index contributed by atoms with van der Waals surface area (Å²) in [5.74, 6) is -0.429. The number of carbonyl (C=O) groups is 1. The van der Waals surface area contributed by atoms with Crippen LogP contribution in [-0.4, -0.2) is 21.3 Å². The number of carboxylic acids is 1. The lowest BCUT2D eigenvalue weighted by atomic mass is 9.80. The van der Waals surface area contributed by atoms with Gasteiger partial charge in [-0.25, -0.2) is 4.79 Å². The van der Waals surface area contributed by atoms with Crippen LogP contribution in [0.1, 0.15) is 46.8 Å². The number of ether oxygens (including phenoxy) is 1. The van der Waals surface area contributed by atoms with Crippen molar-refractivity contribution in [2.75, 3.05) is 0 Å². The largest absolute Gasteiger partial charge is 0.508 e. The number of rotatable bonds is 2. The summed E-state index contributed by atoms with van der Waals surface area (Å²) in [6.45, 7) is 4.00. The van der Waals surface area contributed by atoms with Crippen molar-refractivity contribution < 1.29 is 24.9 Å². The summed E-state index contributed by atoms with van der Waals surface area (Å²) in [5.41, 5.74) is 2.33. The molecule has 1 heterocycles. The number of fused-ring (bicyclic) bond motifs is 2. The highest BCUT2D eigenvalue weighted by molar-refractivity contribution is 5.90. The van der Waals surface area contributed by atoms with Gasteiger partial charge in [0.25, 0.3) is 0 Å². The summed E-state index contributed by atoms with van der Waals surface area (Å²) < 4.78 is 5.82. The van der Waals surface area contributed by atoms with Crippen LogP contribution in [0.3, 0.4) is 0 Å². The maximum atomic E-state index is 11.7. The van der Waals surface area contributed by atoms with Gasteiger partial charge in [-0.3, -0.25) is 0 Å². The number of hydrogen-bond donors (Lipinski definition) is 3. The first-order valence-corrected chi connectivity index (χ1v) is 8.70. The minimum absolute atomic E-state index is 0.0487. The number of carboxylic acid groups (broad SMARTS) is 1. The molecule has 5 heteroatoms. The Labute approximate surface area is 157 Å². The Morgan fingerprint density at radius 3 is 1.85 bits per heavy atom. The lowest BCUT2D eigenvalue weighted by Gasteiger charge is -2.29. The van der Waals surface area contributed by atoms with Gasteiger partial charge in [-0.1, -0.05) is 44.2 Å². The molecule has 0 saturated carbocycles. The number of phenols is 2. The van der Waals surface area contributed by atoms with E-state index in [0.29, 0.717) is 17.1 Å². The third-order valence-corrected chi connectivity index (χ3v) is 4.34. The van der Waals surface area contributed by atoms with Crippen LogP contribution >= 0.6 is 0 Å². The Bertz CT molecular complexity index is 942. The number of hydrogen-bond acceptors (Lipinski definition) is 4. The Morgan fingerprint density at radius 1 is 0.815 bits per heavy atom. The van der Waals surface area contributed by atoms with E-state index in [-0.39, 0.29) is 23.0 Å². The molecule has 1 aliphatic rings. The van der Waals surface area contributed by atoms with Crippen molar-refractivity contribution in [1.82, 2.24) is 0 Å². The van der Waals surface area contributed by atoms with E-state index in [1.807, 2.05) is 13.8 Å². The molecule has 0 atom stereocenters. The van der Waals surface area contributed by atoms with Gasteiger partial charge in [-0.2, -0.15) is 0 Å². The van der Waals surface area contributed by atoms with Gasteiger partial charge < -0.3 is 20.1 Å². The first-order chi connectivity index (χ1) is 13.0. The fourth-order valence-electron chi connectivity index (χ4n) is 3.26. The third kappa shape index (κ3) is 3.31. The van der Waals surface area contributed by atoms with E-state index in [1.165, 1.54) is 12.1 Å². The summed E-state index contributed by atoms with van der Waals surface area (Å²) in [5, 5.41) is 29.1. The van der Waals surface area contributed by atoms with Crippen LogP contribution in [0.2, 0.25) is 0 Å². The zero-order valence-corrected chi connectivity index (χ0v) is 15.0. The van der Waals surface area contributed by atoms with Crippen LogP contribution in [0.5, 0.6) is 23.0 Å². The highest BCUT2D eigenvalue weighted by atomic mass is 16.5. The van der Waals surface area contributed by atoms with Gasteiger partial charge >= 0.3 is 5.97 Å². The van der Waals surface area contributed by atoms with Crippen LogP contribution in [0.15, 0.2) is 60.7 Å². The third-order valence-electron chi connectivity index (χ3n) is 4.34. The molecule has 0 amide bonds. The molecule has 0 saturated heterocycles. The topological polar surface area (TPSA) is 87.0 Å². The van der Waals surface area contributed by atoms with Crippen LogP contribution in [0.25, 0.3) is 0 Å². The molecule has 27 heavy (non-hydrogen) atoms. The molecule has 3 N–H and O–H groups in total. The number of aromatic carboxylic acids is 1. The van der Waals surface area contributed by atoms with Crippen molar-refractivity contribution >= 4 is 5.97 Å². The molecule has 4 rings (SSSR count). The van der Waals surface area contributed by atoms with Gasteiger partial charge in [-0.05, 0) is 23.8 Å². The smallest absolute Gasteiger partial charge is 0.335 e. The van der Waals surface area contributed by atoms with Crippen LogP contribution in [0.4, 0.5) is 0 Å². The first-order valence-electron chi connectivity index (χ1n) is 8.70. The van der Waals surface area contributed by atoms with Crippen molar-refractivity contribution in [2.24, 2.45) is 0 Å². The van der Waals surface area contributed by atoms with E-state index in [0.717, 1.165) is 11.1 Å². The summed E-state index contributed by atoms with van der Waals surface area (Å²) in [4.78, 5) is 11.7. The fraction of sp³-hybridized carbons (Fsp3) is 0.136. The van der Waals surface area contributed by atoms with Crippen molar-refractivity contribution in [1.29, 1.82) is 0 Å². The molecule has 0 aliphatic carbocycles. The molecule has 0 radical (unpaired) electrons. The SMILES string of the molecule is CC.O=C(O)c1ccccc1C1c2ccc(O)cc2Oc2cc(O)ccc21. The van der Waals surface area contributed by atoms with E-state index in [9.17, 15) is 20.1 Å². The average Bonchev–Trinajstić information content (AvgIpc) is 2.67. The maximum absolute atomic E-state index is 11.7. The zero-order chi connectivity index (χ0) is 19.6. The molecule has 138 valence electrons. The molecule has 0 unspecified atom stereocenters. The molecule has 0 fully saturated rings. The Balaban J connectivity index is 0.00000102. The second-order valence-electron chi connectivity index (χ2n) is 5.87. The van der Waals surface area contributed by atoms with Crippen LogP contribution in [0, 0.1) is 0 Å². The quantitative estimate of drug-likeness (QED) is 0.460. The minimum Gasteiger partial charge on any atom is -0.508 e. The standard InChI is InChI=1S/C20H14O5.C2H6/c21-11-5-7-15-17(9-11)25-18-10-12(22)6-8-16(18)19(15)13-3-1-2-4-14(13)20(23)24;1-2/h1-10,19,21-22H,(H,23,24);1-2H3. The summed E-state index contributed by atoms with van der Waals surface area (Å²) >= 11 is 0. The van der Waals surface area contributed by atoms with E-state index in [1.54, 1.807) is 48.5 Å². The van der Waals surface area contributed by atoms with Crippen molar-refractivity contribution in [3.63, 3.8) is 0 Å². The molecule has 0 spiro atoms. The van der Waals surface area contributed by atoms with Crippen molar-refractivity contribution in [3.8, 4) is 23.0 Å². The van der Waals surface area contributed by atoms with E-state index < -0.39 is 5.97 Å². The monoisotopic (exact) mass is 364 g/mol. The average molecular weight is 364 g/mol. The van der Waals surface area contributed by atoms with Gasteiger partial charge in [0.2, 0.25) is 0 Å². The van der Waals surface area contributed by atoms with Gasteiger partial charge in [0.1, 0.15) is 23.0 Å². The Morgan fingerprint density at radius 2 is 1.33 bits per heavy atom. The molecule has 3 aromatic carbocycles. The van der Waals surface area contributed by atoms with E-state index in [4.69, 9.17) is 4.74 Å². The predicted molar refractivity (Wildman–Crippen MR) is 102 cm³/mol. The van der Waals surface area contributed by atoms with Crippen LogP contribution < -0.4 is 4.74 Å². The predicted octanol–water partition coefficient (Wildman–Crippen LogP) is 5.11. The van der Waals surface area contributed by atoms with Gasteiger partial charge in [-0.15, -0.1) is 0 Å². The van der Waals surface area contributed by atoms with Crippen molar-refractivity contribution in [3.05, 3.63) is 82.9 Å². The number of aromatic hydroxyl groups is 2. The van der Waals surface area contributed by atoms with Gasteiger partial charge in [0.05, 0.1) is 5.56 Å². The minimum atomic E-state index is -1.01. The lowest BCUT2D eigenvalue weighted by molar-refractivity contribution is 0.0695. The molecule has 5 nitrogen and oxygen atoms in total. The van der Waals surface area contributed by atoms with Gasteiger partial charge in [0, 0.05) is 29.2 Å². The highest BCUT2D eigenvalue weighted by Crippen LogP contribution is 2.49. The normalized spacial score (nSPS) is 12.1. The highest BCUT2D eigenvalue weighted by Gasteiger charge is 2.31. The fourth-order valence-corrected chi connectivity index (χ4v) is 3.26. The Kier molecular flexibility index (Phi) is 5.03. The van der Waals surface area contributed by atoms with Crippen molar-refractivity contribution in [2.45, 2.75) is 19.8 Å². The molecular formula is C22H20O5. The lowest BCUT2D eigenvalue weighted by Crippen LogP contribution is -2.15. The number of benzene rings is 3. The second-order valence-corrected chi connectivity index (χ2v) is 5.87. The maximum Gasteiger partial charge on any atom is 0.335 e. The molecule has 0 bridgehead atoms. The molecule has 0 aromatic heterocycles. The number of phenolic OH excluding ortho intramolecular Hbond substituents is 2. The summed E-state index contributed by atoms with van der Waals surface area (Å²) in [7, 11) is 0. The van der Waals surface area contributed by atoms with Crippen LogP contribution in [-0.2, 0) is 0 Å². The first kappa shape index (κ1) is 18.3.